The molecule has 2 heterocycles. The minimum atomic E-state index is -0.110. The summed E-state index contributed by atoms with van der Waals surface area (Å²) in [6.45, 7) is 0. The van der Waals surface area contributed by atoms with Crippen LogP contribution in [0.4, 0.5) is 5.00 Å². The highest BCUT2D eigenvalue weighted by Crippen LogP contribution is 2.37. The first-order valence-corrected chi connectivity index (χ1v) is 11.4. The van der Waals surface area contributed by atoms with Gasteiger partial charge in [-0.15, -0.1) is 16.4 Å². The van der Waals surface area contributed by atoms with Crippen LogP contribution in [0, 0.1) is 11.3 Å². The van der Waals surface area contributed by atoms with Crippen molar-refractivity contribution in [2.75, 3.05) is 18.2 Å². The number of tetrazole rings is 1. The summed E-state index contributed by atoms with van der Waals surface area (Å²) in [5.41, 5.74) is 2.58. The Labute approximate surface area is 182 Å². The van der Waals surface area contributed by atoms with E-state index >= 15 is 0 Å². The number of hydrogen-bond donors (Lipinski definition) is 1. The molecular formula is C20H20N6O2S2. The molecule has 154 valence electrons. The van der Waals surface area contributed by atoms with Crippen LogP contribution in [0.2, 0.25) is 0 Å². The molecule has 1 aliphatic carbocycles. The number of benzene rings is 1. The van der Waals surface area contributed by atoms with E-state index in [0.29, 0.717) is 27.9 Å². The number of fused-ring (bicyclic) bond motifs is 1. The smallest absolute Gasteiger partial charge is 0.225 e. The maximum atomic E-state index is 12.4. The Morgan fingerprint density at radius 3 is 2.90 bits per heavy atom. The van der Waals surface area contributed by atoms with E-state index in [4.69, 9.17) is 4.74 Å². The number of nitrogens with zero attached hydrogens (tertiary/aromatic N) is 5. The molecule has 0 saturated heterocycles. The fourth-order valence-electron chi connectivity index (χ4n) is 3.35. The number of ether oxygens (including phenoxy) is 1. The van der Waals surface area contributed by atoms with Gasteiger partial charge in [-0.25, -0.2) is 0 Å². The van der Waals surface area contributed by atoms with Crippen LogP contribution in [0.5, 0.6) is 5.75 Å². The Morgan fingerprint density at radius 2 is 2.13 bits per heavy atom. The van der Waals surface area contributed by atoms with Crippen molar-refractivity contribution in [3.8, 4) is 17.5 Å². The summed E-state index contributed by atoms with van der Waals surface area (Å²) in [6, 6.07) is 9.69. The maximum Gasteiger partial charge on any atom is 0.225 e. The number of amides is 1. The number of thiophene rings is 1. The molecule has 0 saturated carbocycles. The van der Waals surface area contributed by atoms with Gasteiger partial charge in [0.2, 0.25) is 11.1 Å². The summed E-state index contributed by atoms with van der Waals surface area (Å²) in [5.74, 6) is 1.17. The average molecular weight is 441 g/mol. The third-order valence-corrected chi connectivity index (χ3v) is 6.98. The van der Waals surface area contributed by atoms with E-state index in [9.17, 15) is 10.1 Å². The van der Waals surface area contributed by atoms with E-state index in [0.717, 1.165) is 42.7 Å². The average Bonchev–Trinajstić information content (AvgIpc) is 3.37. The summed E-state index contributed by atoms with van der Waals surface area (Å²) in [6.07, 6.45) is 4.47. The Bertz CT molecular complexity index is 1080. The first kappa shape index (κ1) is 20.4. The molecule has 10 heteroatoms. The van der Waals surface area contributed by atoms with Gasteiger partial charge in [0.25, 0.3) is 0 Å². The molecule has 1 aliphatic rings. The summed E-state index contributed by atoms with van der Waals surface area (Å²) < 4.78 is 6.80. The second kappa shape index (κ2) is 9.28. The molecule has 8 nitrogen and oxygen atoms in total. The van der Waals surface area contributed by atoms with Crippen molar-refractivity contribution < 1.29 is 9.53 Å². The largest absolute Gasteiger partial charge is 0.497 e. The first-order chi connectivity index (χ1) is 14.7. The Kier molecular flexibility index (Phi) is 6.30. The van der Waals surface area contributed by atoms with Gasteiger partial charge in [0.15, 0.2) is 0 Å². The van der Waals surface area contributed by atoms with E-state index in [1.807, 2.05) is 24.3 Å². The van der Waals surface area contributed by atoms with Crippen molar-refractivity contribution in [1.29, 1.82) is 5.26 Å². The highest BCUT2D eigenvalue weighted by atomic mass is 32.2. The van der Waals surface area contributed by atoms with Crippen molar-refractivity contribution >= 4 is 34.0 Å². The van der Waals surface area contributed by atoms with Gasteiger partial charge in [0.1, 0.15) is 16.8 Å². The predicted octanol–water partition coefficient (Wildman–Crippen LogP) is 3.60. The van der Waals surface area contributed by atoms with E-state index in [2.05, 4.69) is 26.9 Å². The molecule has 30 heavy (non-hydrogen) atoms. The highest BCUT2D eigenvalue weighted by molar-refractivity contribution is 7.99. The maximum absolute atomic E-state index is 12.4. The van der Waals surface area contributed by atoms with Gasteiger partial charge < -0.3 is 10.1 Å². The Morgan fingerprint density at radius 1 is 1.33 bits per heavy atom. The van der Waals surface area contributed by atoms with Gasteiger partial charge in [0, 0.05) is 17.1 Å². The SMILES string of the molecule is COc1ccc(-n2nnnc2SCCC(=O)Nc2sc3c(c2C#N)CCCC3)cc1. The van der Waals surface area contributed by atoms with Crippen molar-refractivity contribution in [2.24, 2.45) is 0 Å². The van der Waals surface area contributed by atoms with Gasteiger partial charge in [-0.1, -0.05) is 11.8 Å². The van der Waals surface area contributed by atoms with Crippen LogP contribution < -0.4 is 10.1 Å². The molecule has 0 radical (unpaired) electrons. The van der Waals surface area contributed by atoms with E-state index in [-0.39, 0.29) is 5.91 Å². The summed E-state index contributed by atoms with van der Waals surface area (Å²) in [4.78, 5) is 13.7. The van der Waals surface area contributed by atoms with Gasteiger partial charge in [-0.05, 0) is 65.9 Å². The lowest BCUT2D eigenvalue weighted by atomic mass is 9.96. The molecule has 0 spiro atoms. The number of aromatic nitrogens is 4. The first-order valence-electron chi connectivity index (χ1n) is 9.59. The number of carbonyl (C=O) groups excluding carboxylic acids is 1. The van der Waals surface area contributed by atoms with Crippen LogP contribution in [0.15, 0.2) is 29.4 Å². The second-order valence-corrected chi connectivity index (χ2v) is 8.91. The number of carbonyl (C=O) groups is 1. The zero-order chi connectivity index (χ0) is 20.9. The number of methoxy groups -OCH3 is 1. The number of nitriles is 1. The molecule has 0 aliphatic heterocycles. The summed E-state index contributed by atoms with van der Waals surface area (Å²) in [5, 5.41) is 25.6. The van der Waals surface area contributed by atoms with Crippen LogP contribution >= 0.6 is 23.1 Å². The summed E-state index contributed by atoms with van der Waals surface area (Å²) in [7, 11) is 1.61. The fourth-order valence-corrected chi connectivity index (χ4v) is 5.44. The van der Waals surface area contributed by atoms with Gasteiger partial charge in [0.05, 0.1) is 18.4 Å². The highest BCUT2D eigenvalue weighted by Gasteiger charge is 2.21. The minimum Gasteiger partial charge on any atom is -0.497 e. The molecule has 0 fully saturated rings. The molecule has 0 atom stereocenters. The van der Waals surface area contributed by atoms with Crippen LogP contribution in [0.25, 0.3) is 5.69 Å². The van der Waals surface area contributed by atoms with E-state index in [1.54, 1.807) is 23.1 Å². The quantitative estimate of drug-likeness (QED) is 0.560. The zero-order valence-corrected chi connectivity index (χ0v) is 18.1. The second-order valence-electron chi connectivity index (χ2n) is 6.74. The molecule has 0 bridgehead atoms. The van der Waals surface area contributed by atoms with E-state index in [1.165, 1.54) is 16.6 Å². The van der Waals surface area contributed by atoms with Gasteiger partial charge >= 0.3 is 0 Å². The van der Waals surface area contributed by atoms with Gasteiger partial charge in [-0.2, -0.15) is 9.94 Å². The third-order valence-electron chi connectivity index (χ3n) is 4.85. The normalized spacial score (nSPS) is 12.8. The molecular weight excluding hydrogens is 420 g/mol. The number of rotatable bonds is 7. The van der Waals surface area contributed by atoms with Crippen molar-refractivity contribution in [2.45, 2.75) is 37.3 Å². The number of anilines is 1. The van der Waals surface area contributed by atoms with Crippen LogP contribution in [-0.4, -0.2) is 39.0 Å². The molecule has 2 aromatic heterocycles. The lowest BCUT2D eigenvalue weighted by Crippen LogP contribution is -2.12. The number of nitrogens with one attached hydrogen (secondary N) is 1. The Hall–Kier alpha value is -2.90. The van der Waals surface area contributed by atoms with Crippen molar-refractivity contribution in [1.82, 2.24) is 20.2 Å². The molecule has 1 N–H and O–H groups in total. The zero-order valence-electron chi connectivity index (χ0n) is 16.4. The number of thioether (sulfide) groups is 1. The monoisotopic (exact) mass is 440 g/mol. The lowest BCUT2D eigenvalue weighted by Gasteiger charge is -2.09. The Balaban J connectivity index is 1.35. The molecule has 3 aromatic rings. The number of aryl methyl sites for hydroxylation is 1. The minimum absolute atomic E-state index is 0.110. The lowest BCUT2D eigenvalue weighted by molar-refractivity contribution is -0.115. The van der Waals surface area contributed by atoms with Crippen LogP contribution in [-0.2, 0) is 17.6 Å². The predicted molar refractivity (Wildman–Crippen MR) is 115 cm³/mol. The molecule has 4 rings (SSSR count). The van der Waals surface area contributed by atoms with Gasteiger partial charge in [-0.3, -0.25) is 4.79 Å². The molecule has 1 aromatic carbocycles. The van der Waals surface area contributed by atoms with Crippen molar-refractivity contribution in [3.05, 3.63) is 40.3 Å². The number of hydrogen-bond acceptors (Lipinski definition) is 8. The molecule has 1 amide bonds. The third kappa shape index (κ3) is 4.32. The van der Waals surface area contributed by atoms with Crippen LogP contribution in [0.1, 0.15) is 35.3 Å². The summed E-state index contributed by atoms with van der Waals surface area (Å²) >= 11 is 2.95. The van der Waals surface area contributed by atoms with E-state index < -0.39 is 0 Å². The molecule has 0 unspecified atom stereocenters. The fraction of sp³-hybridized carbons (Fsp3) is 0.350. The van der Waals surface area contributed by atoms with Crippen LogP contribution in [0.3, 0.4) is 0 Å². The topological polar surface area (TPSA) is 106 Å². The van der Waals surface area contributed by atoms with Crippen molar-refractivity contribution in [3.63, 3.8) is 0 Å². The standard InChI is InChI=1S/C20H20N6O2S2/c1-28-14-8-6-13(7-9-14)26-20(23-24-25-26)29-11-10-18(27)22-19-16(12-21)15-4-2-3-5-17(15)30-19/h6-9H,2-5,10-11H2,1H3,(H,22,27).